The number of aliphatic imine (C=N–C) groups is 1. The number of rotatable bonds is 18. The molecule has 2 N–H and O–H groups in total. The van der Waals surface area contributed by atoms with Gasteiger partial charge in [-0.05, 0) is 30.3 Å². The molecule has 5 heteroatoms. The maximum absolute atomic E-state index is 12.4. The first-order chi connectivity index (χ1) is 16.7. The van der Waals surface area contributed by atoms with Crippen molar-refractivity contribution in [2.45, 2.75) is 110 Å². The molecule has 0 radical (unpaired) electrons. The minimum Gasteiger partial charge on any atom is -0.317 e. The van der Waals surface area contributed by atoms with Gasteiger partial charge in [-0.25, -0.2) is 0 Å². The van der Waals surface area contributed by atoms with Gasteiger partial charge in [0, 0.05) is 6.54 Å². The minimum atomic E-state index is -0.196. The maximum atomic E-state index is 12.4. The topological polar surface area (TPSA) is 53.5 Å². The molecule has 4 nitrogen and oxygen atoms in total. The van der Waals surface area contributed by atoms with Gasteiger partial charge in [-0.1, -0.05) is 134 Å². The lowest BCUT2D eigenvalue weighted by atomic mass is 10.0. The fourth-order valence-corrected chi connectivity index (χ4v) is 4.50. The predicted molar refractivity (Wildman–Crippen MR) is 150 cm³/mol. The molecule has 0 aromatic heterocycles. The minimum absolute atomic E-state index is 0.196. The number of benzene rings is 1. The van der Waals surface area contributed by atoms with Crippen LogP contribution in [-0.4, -0.2) is 23.4 Å². The Labute approximate surface area is 213 Å². The number of nitrogens with zero attached hydrogens (tertiary/aromatic N) is 1. The van der Waals surface area contributed by atoms with Gasteiger partial charge in [0.05, 0.1) is 5.57 Å². The number of nitrogens with one attached hydrogen (secondary N) is 2. The summed E-state index contributed by atoms with van der Waals surface area (Å²) in [7, 11) is 0. The molecule has 0 bridgehead atoms. The third kappa shape index (κ3) is 12.5. The summed E-state index contributed by atoms with van der Waals surface area (Å²) in [5, 5.41) is 6.04. The molecule has 2 rings (SSSR count). The lowest BCUT2D eigenvalue weighted by Gasteiger charge is -2.20. The van der Waals surface area contributed by atoms with Crippen molar-refractivity contribution in [3.8, 4) is 0 Å². The number of amidine groups is 1. The average Bonchev–Trinajstić information content (AvgIpc) is 2.83. The van der Waals surface area contributed by atoms with Crippen molar-refractivity contribution in [2.75, 3.05) is 6.54 Å². The van der Waals surface area contributed by atoms with E-state index in [0.717, 1.165) is 12.0 Å². The van der Waals surface area contributed by atoms with Crippen molar-refractivity contribution < 1.29 is 4.79 Å². The van der Waals surface area contributed by atoms with Gasteiger partial charge in [0.1, 0.15) is 5.84 Å². The molecule has 1 saturated heterocycles. The normalized spacial score (nSPS) is 16.1. The zero-order chi connectivity index (χ0) is 24.3. The number of hydrogen-bond donors (Lipinski definition) is 2. The first kappa shape index (κ1) is 28.2. The van der Waals surface area contributed by atoms with E-state index in [1.54, 1.807) is 0 Å². The molecule has 1 fully saturated rings. The average molecular weight is 484 g/mol. The van der Waals surface area contributed by atoms with E-state index in [4.69, 9.17) is 12.2 Å². The Hall–Kier alpha value is -2.01. The van der Waals surface area contributed by atoms with E-state index in [-0.39, 0.29) is 5.91 Å². The van der Waals surface area contributed by atoms with Crippen LogP contribution in [0.15, 0.2) is 40.9 Å². The number of carbonyl (C=O) groups excluding carboxylic acids is 1. The molecule has 34 heavy (non-hydrogen) atoms. The van der Waals surface area contributed by atoms with Gasteiger partial charge >= 0.3 is 0 Å². The Morgan fingerprint density at radius 3 is 1.76 bits per heavy atom. The summed E-state index contributed by atoms with van der Waals surface area (Å²) < 4.78 is 0. The summed E-state index contributed by atoms with van der Waals surface area (Å²) >= 11 is 5.15. The van der Waals surface area contributed by atoms with Gasteiger partial charge in [-0.2, -0.15) is 0 Å². The molecule has 1 amide bonds. The highest BCUT2D eigenvalue weighted by molar-refractivity contribution is 7.80. The number of hydrogen-bond acceptors (Lipinski definition) is 3. The van der Waals surface area contributed by atoms with E-state index in [0.29, 0.717) is 23.1 Å². The highest BCUT2D eigenvalue weighted by Gasteiger charge is 2.23. The van der Waals surface area contributed by atoms with Crippen molar-refractivity contribution >= 4 is 35.1 Å². The van der Waals surface area contributed by atoms with Crippen LogP contribution in [0.4, 0.5) is 0 Å². The Bertz CT molecular complexity index is 773. The Balaban J connectivity index is 1.52. The van der Waals surface area contributed by atoms with E-state index in [1.165, 1.54) is 96.3 Å². The van der Waals surface area contributed by atoms with Crippen molar-refractivity contribution in [3.05, 3.63) is 41.5 Å². The third-order valence-electron chi connectivity index (χ3n) is 6.35. The molecule has 188 valence electrons. The van der Waals surface area contributed by atoms with Crippen LogP contribution in [0.5, 0.6) is 0 Å². The van der Waals surface area contributed by atoms with Crippen LogP contribution in [0.3, 0.4) is 0 Å². The predicted octanol–water partition coefficient (Wildman–Crippen LogP) is 7.73. The molecule has 1 aromatic carbocycles. The first-order valence-electron chi connectivity index (χ1n) is 13.6. The Morgan fingerprint density at radius 2 is 1.24 bits per heavy atom. The van der Waals surface area contributed by atoms with Gasteiger partial charge in [-0.15, -0.1) is 0 Å². The number of carbonyl (C=O) groups is 1. The zero-order valence-electron chi connectivity index (χ0n) is 21.2. The molecule has 0 saturated carbocycles. The summed E-state index contributed by atoms with van der Waals surface area (Å²) in [5.41, 5.74) is 1.51. The summed E-state index contributed by atoms with van der Waals surface area (Å²) in [4.78, 5) is 17.1. The molecule has 1 aliphatic rings. The van der Waals surface area contributed by atoms with E-state index < -0.39 is 0 Å². The van der Waals surface area contributed by atoms with Gasteiger partial charge in [-0.3, -0.25) is 15.1 Å². The van der Waals surface area contributed by atoms with Gasteiger partial charge in [0.25, 0.3) is 5.91 Å². The van der Waals surface area contributed by atoms with Crippen molar-refractivity contribution in [1.29, 1.82) is 0 Å². The van der Waals surface area contributed by atoms with Crippen LogP contribution in [0.25, 0.3) is 6.08 Å². The number of amides is 1. The second kappa shape index (κ2) is 18.3. The smallest absolute Gasteiger partial charge is 0.261 e. The molecular formula is C29H45N3OS. The van der Waals surface area contributed by atoms with Crippen LogP contribution in [0.1, 0.15) is 115 Å². The zero-order valence-corrected chi connectivity index (χ0v) is 22.1. The Kier molecular flexibility index (Phi) is 15.2. The molecule has 0 unspecified atom stereocenters. The quantitative estimate of drug-likeness (QED) is 0.128. The number of unbranched alkanes of at least 4 members (excludes halogenated alkanes) is 15. The summed E-state index contributed by atoms with van der Waals surface area (Å²) in [5.74, 6) is 0.386. The SMILES string of the molecule is CCCCCCCCCCCCCCCCCCN=C1NC(=S)NC(=O)/C1=C\c1ccccc1. The third-order valence-corrected chi connectivity index (χ3v) is 6.56. The van der Waals surface area contributed by atoms with Crippen molar-refractivity contribution in [2.24, 2.45) is 4.99 Å². The first-order valence-corrected chi connectivity index (χ1v) is 14.1. The van der Waals surface area contributed by atoms with Gasteiger partial charge < -0.3 is 5.32 Å². The number of thiocarbonyl (C=S) groups is 1. The maximum Gasteiger partial charge on any atom is 0.261 e. The standard InChI is InChI=1S/C29H45N3OS/c1-2-3-4-5-6-7-8-9-10-11-12-13-14-15-16-20-23-30-27-26(28(33)32-29(34)31-27)24-25-21-18-17-19-22-25/h17-19,21-22,24H,2-16,20,23H2,1H3,(H2,30,31,32,33,34)/b26-24-. The van der Waals surface area contributed by atoms with Crippen LogP contribution in [0.2, 0.25) is 0 Å². The summed E-state index contributed by atoms with van der Waals surface area (Å²) in [6, 6.07) is 9.82. The van der Waals surface area contributed by atoms with Crippen LogP contribution < -0.4 is 10.6 Å². The van der Waals surface area contributed by atoms with E-state index in [1.807, 2.05) is 36.4 Å². The monoisotopic (exact) mass is 483 g/mol. The fraction of sp³-hybridized carbons (Fsp3) is 0.621. The van der Waals surface area contributed by atoms with Crippen molar-refractivity contribution in [1.82, 2.24) is 10.6 Å². The lowest BCUT2D eigenvalue weighted by Crippen LogP contribution is -2.51. The van der Waals surface area contributed by atoms with Crippen LogP contribution in [-0.2, 0) is 4.79 Å². The molecule has 0 aliphatic carbocycles. The molecule has 1 aromatic rings. The second-order valence-electron chi connectivity index (χ2n) is 9.41. The molecule has 0 spiro atoms. The lowest BCUT2D eigenvalue weighted by molar-refractivity contribution is -0.115. The van der Waals surface area contributed by atoms with Crippen LogP contribution in [0, 0.1) is 0 Å². The van der Waals surface area contributed by atoms with Gasteiger partial charge in [0.2, 0.25) is 0 Å². The highest BCUT2D eigenvalue weighted by Crippen LogP contribution is 2.14. The molecule has 1 heterocycles. The molecule has 0 atom stereocenters. The highest BCUT2D eigenvalue weighted by atomic mass is 32.1. The Morgan fingerprint density at radius 1 is 0.735 bits per heavy atom. The van der Waals surface area contributed by atoms with E-state index in [2.05, 4.69) is 22.5 Å². The fourth-order valence-electron chi connectivity index (χ4n) is 4.31. The second-order valence-corrected chi connectivity index (χ2v) is 9.82. The summed E-state index contributed by atoms with van der Waals surface area (Å²) in [6.45, 7) is 2.99. The van der Waals surface area contributed by atoms with Crippen LogP contribution >= 0.6 is 12.2 Å². The van der Waals surface area contributed by atoms with E-state index >= 15 is 0 Å². The van der Waals surface area contributed by atoms with E-state index in [9.17, 15) is 4.79 Å². The summed E-state index contributed by atoms with van der Waals surface area (Å²) in [6.07, 6.45) is 23.5. The molecular weight excluding hydrogens is 438 g/mol. The molecule has 1 aliphatic heterocycles. The van der Waals surface area contributed by atoms with Crippen molar-refractivity contribution in [3.63, 3.8) is 0 Å². The van der Waals surface area contributed by atoms with Gasteiger partial charge in [0.15, 0.2) is 5.11 Å². The largest absolute Gasteiger partial charge is 0.317 e.